The summed E-state index contributed by atoms with van der Waals surface area (Å²) in [5, 5.41) is 7.60. The van der Waals surface area contributed by atoms with Gasteiger partial charge in [0.1, 0.15) is 5.75 Å². The van der Waals surface area contributed by atoms with E-state index in [9.17, 15) is 4.79 Å². The van der Waals surface area contributed by atoms with Crippen LogP contribution in [0, 0.1) is 0 Å². The Morgan fingerprint density at radius 1 is 1.19 bits per heavy atom. The van der Waals surface area contributed by atoms with Crippen molar-refractivity contribution < 1.29 is 9.53 Å². The highest BCUT2D eigenvalue weighted by Gasteiger charge is 2.33. The predicted octanol–water partition coefficient (Wildman–Crippen LogP) is 3.04. The largest absolute Gasteiger partial charge is 0.496 e. The number of ether oxygens (including phenoxy) is 1. The van der Waals surface area contributed by atoms with Crippen LogP contribution in [0.15, 0.2) is 42.7 Å². The number of methoxy groups -OCH3 is 1. The molecule has 0 radical (unpaired) electrons. The molecule has 8 heteroatoms. The van der Waals surface area contributed by atoms with E-state index in [0.717, 1.165) is 55.2 Å². The van der Waals surface area contributed by atoms with Crippen molar-refractivity contribution in [1.29, 1.82) is 0 Å². The van der Waals surface area contributed by atoms with Crippen LogP contribution in [0.5, 0.6) is 5.75 Å². The first-order valence-electron chi connectivity index (χ1n) is 11.3. The molecule has 3 aromatic rings. The second-order valence-corrected chi connectivity index (χ2v) is 8.38. The molecule has 2 fully saturated rings. The second-order valence-electron chi connectivity index (χ2n) is 8.38. The molecular weight excluding hydrogens is 404 g/mol. The van der Waals surface area contributed by atoms with E-state index >= 15 is 0 Å². The lowest BCUT2D eigenvalue weighted by Crippen LogP contribution is -2.33. The van der Waals surface area contributed by atoms with E-state index in [2.05, 4.69) is 20.3 Å². The maximum Gasteiger partial charge on any atom is 0.254 e. The summed E-state index contributed by atoms with van der Waals surface area (Å²) in [4.78, 5) is 24.5. The lowest BCUT2D eigenvalue weighted by Gasteiger charge is -2.15. The molecule has 166 valence electrons. The number of benzene rings is 1. The molecule has 1 saturated heterocycles. The van der Waals surface area contributed by atoms with Gasteiger partial charge in [-0.25, -0.2) is 14.6 Å². The minimum atomic E-state index is -0.0711. The van der Waals surface area contributed by atoms with Gasteiger partial charge in [-0.15, -0.1) is 0 Å². The Bertz CT molecular complexity index is 1100. The molecule has 1 aliphatic carbocycles. The standard InChI is InChI=1S/C24H28N6O2/c1-32-21-7-3-2-6-18(21)20-10-11-26-24(28-20)30-22(17-8-9-17)19(16-27-30)23(31)25-12-15-29-13-4-5-14-29/h2-3,6-7,10-11,16-17H,4-5,8-9,12-15H2,1H3,(H,25,31). The summed E-state index contributed by atoms with van der Waals surface area (Å²) >= 11 is 0. The van der Waals surface area contributed by atoms with Crippen LogP contribution >= 0.6 is 0 Å². The number of aromatic nitrogens is 4. The monoisotopic (exact) mass is 432 g/mol. The van der Waals surface area contributed by atoms with Crippen LogP contribution in [0.4, 0.5) is 0 Å². The minimum absolute atomic E-state index is 0.0711. The van der Waals surface area contributed by atoms with E-state index in [-0.39, 0.29) is 5.91 Å². The fraction of sp³-hybridized carbons (Fsp3) is 0.417. The van der Waals surface area contributed by atoms with Gasteiger partial charge in [-0.05, 0) is 57.0 Å². The van der Waals surface area contributed by atoms with E-state index in [1.165, 1.54) is 12.8 Å². The molecule has 0 bridgehead atoms. The fourth-order valence-corrected chi connectivity index (χ4v) is 4.33. The van der Waals surface area contributed by atoms with E-state index in [1.807, 2.05) is 30.3 Å². The van der Waals surface area contributed by atoms with Crippen LogP contribution in [0.3, 0.4) is 0 Å². The van der Waals surface area contributed by atoms with Crippen LogP contribution in [0.25, 0.3) is 17.2 Å². The summed E-state index contributed by atoms with van der Waals surface area (Å²) in [5.41, 5.74) is 3.17. The topological polar surface area (TPSA) is 85.2 Å². The zero-order valence-corrected chi connectivity index (χ0v) is 18.3. The number of likely N-dealkylation sites (tertiary alicyclic amines) is 1. The average molecular weight is 433 g/mol. The summed E-state index contributed by atoms with van der Waals surface area (Å²) in [7, 11) is 1.65. The lowest BCUT2D eigenvalue weighted by atomic mass is 10.1. The Labute approximate surface area is 187 Å². The highest BCUT2D eigenvalue weighted by Crippen LogP contribution is 2.42. The van der Waals surface area contributed by atoms with E-state index < -0.39 is 0 Å². The van der Waals surface area contributed by atoms with Gasteiger partial charge < -0.3 is 15.0 Å². The Morgan fingerprint density at radius 3 is 2.78 bits per heavy atom. The molecule has 2 aliphatic rings. The Morgan fingerprint density at radius 2 is 2.00 bits per heavy atom. The molecule has 1 saturated carbocycles. The normalized spacial score (nSPS) is 16.3. The molecule has 3 heterocycles. The zero-order chi connectivity index (χ0) is 21.9. The van der Waals surface area contributed by atoms with Gasteiger partial charge in [-0.3, -0.25) is 4.79 Å². The third kappa shape index (κ3) is 4.23. The zero-order valence-electron chi connectivity index (χ0n) is 18.3. The third-order valence-corrected chi connectivity index (χ3v) is 6.14. The number of carbonyl (C=O) groups excluding carboxylic acids is 1. The molecular formula is C24H28N6O2. The summed E-state index contributed by atoms with van der Waals surface area (Å²) in [6.07, 6.45) is 7.97. The van der Waals surface area contributed by atoms with Crippen molar-refractivity contribution in [1.82, 2.24) is 30.0 Å². The third-order valence-electron chi connectivity index (χ3n) is 6.14. The van der Waals surface area contributed by atoms with Crippen LogP contribution in [0.1, 0.15) is 47.7 Å². The van der Waals surface area contributed by atoms with Crippen LogP contribution in [-0.4, -0.2) is 63.8 Å². The van der Waals surface area contributed by atoms with Crippen molar-refractivity contribution in [2.24, 2.45) is 0 Å². The van der Waals surface area contributed by atoms with E-state index in [0.29, 0.717) is 24.0 Å². The minimum Gasteiger partial charge on any atom is -0.496 e. The highest BCUT2D eigenvalue weighted by atomic mass is 16.5. The van der Waals surface area contributed by atoms with Gasteiger partial charge in [0.25, 0.3) is 11.9 Å². The summed E-state index contributed by atoms with van der Waals surface area (Å²) in [5.74, 6) is 1.46. The van der Waals surface area contributed by atoms with Crippen LogP contribution in [0.2, 0.25) is 0 Å². The first-order valence-corrected chi connectivity index (χ1v) is 11.3. The van der Waals surface area contributed by atoms with Crippen molar-refractivity contribution in [3.8, 4) is 23.0 Å². The number of nitrogens with one attached hydrogen (secondary N) is 1. The first-order chi connectivity index (χ1) is 15.7. The quantitative estimate of drug-likeness (QED) is 0.589. The molecule has 32 heavy (non-hydrogen) atoms. The molecule has 1 aliphatic heterocycles. The number of rotatable bonds is 8. The highest BCUT2D eigenvalue weighted by molar-refractivity contribution is 5.95. The number of hydrogen-bond donors (Lipinski definition) is 1. The van der Waals surface area contributed by atoms with Gasteiger partial charge in [0.2, 0.25) is 0 Å². The number of nitrogens with zero attached hydrogens (tertiary/aromatic N) is 5. The van der Waals surface area contributed by atoms with Crippen LogP contribution < -0.4 is 10.1 Å². The Kier molecular flexibility index (Phi) is 5.85. The summed E-state index contributed by atoms with van der Waals surface area (Å²) in [6.45, 7) is 3.79. The number of hydrogen-bond acceptors (Lipinski definition) is 6. The van der Waals surface area contributed by atoms with Crippen molar-refractivity contribution >= 4 is 5.91 Å². The average Bonchev–Trinajstić information content (AvgIpc) is 3.35. The fourth-order valence-electron chi connectivity index (χ4n) is 4.33. The van der Waals surface area contributed by atoms with Gasteiger partial charge in [0.05, 0.1) is 30.3 Å². The van der Waals surface area contributed by atoms with Crippen molar-refractivity contribution in [2.45, 2.75) is 31.6 Å². The number of amides is 1. The molecule has 8 nitrogen and oxygen atoms in total. The second kappa shape index (κ2) is 9.08. The molecule has 2 aromatic heterocycles. The molecule has 5 rings (SSSR count). The lowest BCUT2D eigenvalue weighted by molar-refractivity contribution is 0.0948. The summed E-state index contributed by atoms with van der Waals surface area (Å²) < 4.78 is 7.22. The van der Waals surface area contributed by atoms with Gasteiger partial charge in [-0.2, -0.15) is 5.10 Å². The Hall–Kier alpha value is -3.26. The molecule has 0 atom stereocenters. The molecule has 1 aromatic carbocycles. The molecule has 1 N–H and O–H groups in total. The Balaban J connectivity index is 1.40. The first kappa shape index (κ1) is 20.6. The van der Waals surface area contributed by atoms with Gasteiger partial charge in [-0.1, -0.05) is 12.1 Å². The summed E-state index contributed by atoms with van der Waals surface area (Å²) in [6, 6.07) is 9.61. The van der Waals surface area contributed by atoms with E-state index in [1.54, 1.807) is 24.2 Å². The maximum absolute atomic E-state index is 12.9. The molecule has 0 spiro atoms. The van der Waals surface area contributed by atoms with Gasteiger partial charge in [0.15, 0.2) is 0 Å². The van der Waals surface area contributed by atoms with Crippen molar-refractivity contribution in [3.05, 3.63) is 54.0 Å². The number of para-hydroxylation sites is 1. The van der Waals surface area contributed by atoms with Crippen molar-refractivity contribution in [2.75, 3.05) is 33.3 Å². The molecule has 0 unspecified atom stereocenters. The van der Waals surface area contributed by atoms with Gasteiger partial charge in [0, 0.05) is 30.8 Å². The van der Waals surface area contributed by atoms with E-state index in [4.69, 9.17) is 9.72 Å². The van der Waals surface area contributed by atoms with Crippen molar-refractivity contribution in [3.63, 3.8) is 0 Å². The SMILES string of the molecule is COc1ccccc1-c1ccnc(-n2ncc(C(=O)NCCN3CCCC3)c2C2CC2)n1. The predicted molar refractivity (Wildman–Crippen MR) is 121 cm³/mol. The smallest absolute Gasteiger partial charge is 0.254 e. The molecule has 1 amide bonds. The van der Waals surface area contributed by atoms with Crippen LogP contribution in [-0.2, 0) is 0 Å². The number of carbonyl (C=O) groups is 1. The van der Waals surface area contributed by atoms with Gasteiger partial charge >= 0.3 is 0 Å². The maximum atomic E-state index is 12.9.